The number of hydrogen-bond acceptors (Lipinski definition) is 5. The van der Waals surface area contributed by atoms with Crippen molar-refractivity contribution in [1.82, 2.24) is 0 Å². The SMILES string of the molecule is CC(=O)[C@@]1(C(=O)O)CC[C@@](C)(O)[C@@H]([N+](=O)[O-])[C@]1(Cc1ccccc1)c1ccccc1. The van der Waals surface area contributed by atoms with E-state index in [1.807, 2.05) is 0 Å². The van der Waals surface area contributed by atoms with Gasteiger partial charge in [-0.05, 0) is 44.2 Å². The van der Waals surface area contributed by atoms with Gasteiger partial charge in [0.25, 0.3) is 6.04 Å². The molecular formula is C23H25NO6. The van der Waals surface area contributed by atoms with Gasteiger partial charge in [0.1, 0.15) is 16.8 Å². The standard InChI is InChI=1S/C23H25NO6/c1-16(25)22(20(26)27)14-13-21(2,28)19(24(29)30)23(22,18-11-7-4-8-12-18)15-17-9-5-3-6-10-17/h3-12,19,28H,13-15H2,1-2H3,(H,26,27)/t19-,21-,22-,23+/m1/s1. The van der Waals surface area contributed by atoms with E-state index in [9.17, 15) is 29.9 Å². The van der Waals surface area contributed by atoms with Gasteiger partial charge in [-0.25, -0.2) is 0 Å². The maximum atomic E-state index is 13.0. The van der Waals surface area contributed by atoms with Crippen LogP contribution in [0.4, 0.5) is 0 Å². The molecule has 0 aliphatic heterocycles. The van der Waals surface area contributed by atoms with Gasteiger partial charge in [-0.2, -0.15) is 0 Å². The average molecular weight is 411 g/mol. The van der Waals surface area contributed by atoms with E-state index in [2.05, 4.69) is 0 Å². The molecule has 0 aromatic heterocycles. The van der Waals surface area contributed by atoms with E-state index in [-0.39, 0.29) is 19.3 Å². The molecule has 158 valence electrons. The second-order valence-corrected chi connectivity index (χ2v) is 8.31. The highest BCUT2D eigenvalue weighted by molar-refractivity contribution is 6.04. The van der Waals surface area contributed by atoms with Crippen molar-refractivity contribution in [1.29, 1.82) is 0 Å². The van der Waals surface area contributed by atoms with Gasteiger partial charge in [-0.15, -0.1) is 0 Å². The minimum absolute atomic E-state index is 0.0778. The van der Waals surface area contributed by atoms with Crippen LogP contribution in [-0.4, -0.2) is 38.5 Å². The van der Waals surface area contributed by atoms with Gasteiger partial charge in [0.05, 0.1) is 5.41 Å². The zero-order valence-electron chi connectivity index (χ0n) is 16.9. The number of rotatable bonds is 6. The third-order valence-electron chi connectivity index (χ3n) is 6.62. The summed E-state index contributed by atoms with van der Waals surface area (Å²) in [5.74, 6) is -2.06. The van der Waals surface area contributed by atoms with Gasteiger partial charge in [0, 0.05) is 4.92 Å². The van der Waals surface area contributed by atoms with Gasteiger partial charge >= 0.3 is 5.97 Å². The number of nitro groups is 1. The van der Waals surface area contributed by atoms with Crippen molar-refractivity contribution < 1.29 is 24.7 Å². The van der Waals surface area contributed by atoms with Gasteiger partial charge in [-0.1, -0.05) is 60.7 Å². The fourth-order valence-corrected chi connectivity index (χ4v) is 5.32. The molecule has 7 nitrogen and oxygen atoms in total. The van der Waals surface area contributed by atoms with E-state index >= 15 is 0 Å². The number of carbonyl (C=O) groups is 2. The van der Waals surface area contributed by atoms with Crippen molar-refractivity contribution in [3.63, 3.8) is 0 Å². The highest BCUT2D eigenvalue weighted by Crippen LogP contribution is 2.58. The zero-order valence-corrected chi connectivity index (χ0v) is 16.9. The number of carboxylic acid groups (broad SMARTS) is 1. The molecule has 0 bridgehead atoms. The second-order valence-electron chi connectivity index (χ2n) is 8.31. The number of aliphatic carboxylic acids is 1. The van der Waals surface area contributed by atoms with Crippen molar-refractivity contribution in [2.24, 2.45) is 5.41 Å². The molecule has 0 saturated heterocycles. The van der Waals surface area contributed by atoms with Gasteiger partial charge in [-0.3, -0.25) is 19.7 Å². The Labute approximate surface area is 174 Å². The molecule has 1 aliphatic carbocycles. The summed E-state index contributed by atoms with van der Waals surface area (Å²) in [4.78, 5) is 37.6. The summed E-state index contributed by atoms with van der Waals surface area (Å²) in [6.45, 7) is 2.53. The van der Waals surface area contributed by atoms with E-state index in [4.69, 9.17) is 0 Å². The molecule has 1 saturated carbocycles. The Bertz CT molecular complexity index is 942. The maximum Gasteiger partial charge on any atom is 0.318 e. The molecule has 2 N–H and O–H groups in total. The van der Waals surface area contributed by atoms with E-state index in [1.54, 1.807) is 60.7 Å². The molecule has 30 heavy (non-hydrogen) atoms. The highest BCUT2D eigenvalue weighted by atomic mass is 16.6. The largest absolute Gasteiger partial charge is 0.480 e. The van der Waals surface area contributed by atoms with Gasteiger partial charge < -0.3 is 10.2 Å². The van der Waals surface area contributed by atoms with Crippen LogP contribution in [0.25, 0.3) is 0 Å². The molecule has 3 rings (SSSR count). The van der Waals surface area contributed by atoms with Crippen LogP contribution in [0, 0.1) is 15.5 Å². The van der Waals surface area contributed by atoms with Crippen LogP contribution in [0.3, 0.4) is 0 Å². The van der Waals surface area contributed by atoms with Crippen molar-refractivity contribution in [3.05, 3.63) is 81.9 Å². The van der Waals surface area contributed by atoms with Crippen LogP contribution in [0.15, 0.2) is 60.7 Å². The quantitative estimate of drug-likeness (QED) is 0.429. The van der Waals surface area contributed by atoms with Gasteiger partial charge in [0.15, 0.2) is 0 Å². The molecule has 2 aromatic rings. The number of nitrogens with zero attached hydrogens (tertiary/aromatic N) is 1. The van der Waals surface area contributed by atoms with E-state index < -0.39 is 39.1 Å². The molecule has 0 radical (unpaired) electrons. The van der Waals surface area contributed by atoms with E-state index in [0.717, 1.165) is 0 Å². The fraction of sp³-hybridized carbons (Fsp3) is 0.391. The van der Waals surface area contributed by atoms with E-state index in [1.165, 1.54) is 13.8 Å². The first-order valence-electron chi connectivity index (χ1n) is 9.79. The molecule has 0 unspecified atom stereocenters. The summed E-state index contributed by atoms with van der Waals surface area (Å²) in [6.07, 6.45) is -0.448. The topological polar surface area (TPSA) is 118 Å². The number of carboxylic acids is 1. The van der Waals surface area contributed by atoms with Crippen LogP contribution < -0.4 is 0 Å². The third kappa shape index (κ3) is 3.10. The van der Waals surface area contributed by atoms with Crippen LogP contribution in [0.2, 0.25) is 0 Å². The monoisotopic (exact) mass is 411 g/mol. The molecule has 1 fully saturated rings. The first-order valence-corrected chi connectivity index (χ1v) is 9.79. The van der Waals surface area contributed by atoms with Crippen molar-refractivity contribution in [3.8, 4) is 0 Å². The summed E-state index contributed by atoms with van der Waals surface area (Å²) >= 11 is 0. The average Bonchev–Trinajstić information content (AvgIpc) is 2.68. The van der Waals surface area contributed by atoms with Crippen LogP contribution in [-0.2, 0) is 21.4 Å². The van der Waals surface area contributed by atoms with Crippen LogP contribution in [0.1, 0.15) is 37.8 Å². The van der Waals surface area contributed by atoms with Crippen LogP contribution in [0.5, 0.6) is 0 Å². The zero-order chi connectivity index (χ0) is 22.2. The van der Waals surface area contributed by atoms with Crippen molar-refractivity contribution in [2.45, 2.75) is 50.2 Å². The number of aliphatic hydroxyl groups is 1. The molecule has 1 aliphatic rings. The molecule has 0 spiro atoms. The summed E-state index contributed by atoms with van der Waals surface area (Å²) in [5.41, 5.74) is -4.66. The summed E-state index contributed by atoms with van der Waals surface area (Å²) in [7, 11) is 0. The smallest absolute Gasteiger partial charge is 0.318 e. The minimum Gasteiger partial charge on any atom is -0.480 e. The molecule has 7 heteroatoms. The lowest BCUT2D eigenvalue weighted by Crippen LogP contribution is -2.72. The fourth-order valence-electron chi connectivity index (χ4n) is 5.32. The summed E-state index contributed by atoms with van der Waals surface area (Å²) in [5, 5.41) is 33.9. The predicted molar refractivity (Wildman–Crippen MR) is 110 cm³/mol. The second kappa shape index (κ2) is 7.65. The Morgan fingerprint density at radius 2 is 1.60 bits per heavy atom. The Morgan fingerprint density at radius 3 is 2.07 bits per heavy atom. The maximum absolute atomic E-state index is 13.0. The Kier molecular flexibility index (Phi) is 5.52. The molecular weight excluding hydrogens is 386 g/mol. The Morgan fingerprint density at radius 1 is 1.07 bits per heavy atom. The van der Waals surface area contributed by atoms with Crippen molar-refractivity contribution >= 4 is 11.8 Å². The number of hydrogen-bond donors (Lipinski definition) is 2. The molecule has 2 aromatic carbocycles. The normalized spacial score (nSPS) is 31.1. The minimum atomic E-state index is -2.07. The first-order chi connectivity index (χ1) is 14.1. The Hall–Kier alpha value is -3.06. The number of carbonyl (C=O) groups excluding carboxylic acids is 1. The Balaban J connectivity index is 2.48. The third-order valence-corrected chi connectivity index (χ3v) is 6.62. The van der Waals surface area contributed by atoms with Crippen LogP contribution >= 0.6 is 0 Å². The number of Topliss-reactive ketones (excluding diaryl/α,β-unsaturated/α-hetero) is 1. The number of benzene rings is 2. The molecule has 4 atom stereocenters. The first kappa shape index (κ1) is 21.6. The van der Waals surface area contributed by atoms with Crippen molar-refractivity contribution in [2.75, 3.05) is 0 Å². The summed E-state index contributed by atoms with van der Waals surface area (Å²) in [6, 6.07) is 15.4. The number of ketones is 1. The lowest BCUT2D eigenvalue weighted by molar-refractivity contribution is -0.565. The lowest BCUT2D eigenvalue weighted by Gasteiger charge is -2.54. The predicted octanol–water partition coefficient (Wildman–Crippen LogP) is 3.02. The highest BCUT2D eigenvalue weighted by Gasteiger charge is 2.74. The molecule has 0 heterocycles. The summed E-state index contributed by atoms with van der Waals surface area (Å²) < 4.78 is 0. The molecule has 0 amide bonds. The van der Waals surface area contributed by atoms with E-state index in [0.29, 0.717) is 11.1 Å². The lowest BCUT2D eigenvalue weighted by atomic mass is 9.45. The van der Waals surface area contributed by atoms with Gasteiger partial charge in [0.2, 0.25) is 0 Å².